The Kier molecular flexibility index (Phi) is 8.52. The number of carbonyl (C=O) groups is 3. The van der Waals surface area contributed by atoms with Crippen LogP contribution in [0.2, 0.25) is 4.34 Å². The van der Waals surface area contributed by atoms with Crippen molar-refractivity contribution in [2.45, 2.75) is 34.7 Å². The smallest absolute Gasteiger partial charge is 0.353 e. The number of nitrogens with two attached hydrogens (primary N) is 2. The second kappa shape index (κ2) is 11.4. The Morgan fingerprint density at radius 2 is 2.15 bits per heavy atom. The van der Waals surface area contributed by atoms with Crippen LogP contribution < -0.4 is 16.8 Å². The maximum Gasteiger partial charge on any atom is 0.353 e. The zero-order valence-electron chi connectivity index (χ0n) is 19.8. The summed E-state index contributed by atoms with van der Waals surface area (Å²) in [5.74, 6) is -3.13. The van der Waals surface area contributed by atoms with E-state index in [9.17, 15) is 32.8 Å². The molecule has 0 aromatic carbocycles. The molecule has 0 bridgehead atoms. The van der Waals surface area contributed by atoms with Crippen molar-refractivity contribution in [3.8, 4) is 0 Å². The van der Waals surface area contributed by atoms with Gasteiger partial charge < -0.3 is 21.9 Å². The predicted octanol–water partition coefficient (Wildman–Crippen LogP) is 1.46. The van der Waals surface area contributed by atoms with Gasteiger partial charge in [0.1, 0.15) is 32.5 Å². The highest BCUT2D eigenvalue weighted by Crippen LogP contribution is 2.46. The van der Waals surface area contributed by atoms with E-state index in [2.05, 4.69) is 20.5 Å². The number of thioether (sulfide) groups is 2. The minimum absolute atomic E-state index is 0.000513. The van der Waals surface area contributed by atoms with E-state index in [-0.39, 0.29) is 42.8 Å². The van der Waals surface area contributed by atoms with E-state index >= 15 is 0 Å². The maximum absolute atomic E-state index is 13.0. The Labute approximate surface area is 238 Å². The fourth-order valence-corrected chi connectivity index (χ4v) is 8.42. The summed E-state index contributed by atoms with van der Waals surface area (Å²) < 4.78 is 24.7. The summed E-state index contributed by atoms with van der Waals surface area (Å²) in [6, 6.07) is -1.28. The Hall–Kier alpha value is -2.77. The average molecular weight is 634 g/mol. The summed E-state index contributed by atoms with van der Waals surface area (Å²) in [4.78, 5) is 58.9. The highest BCUT2D eigenvalue weighted by atomic mass is 35.5. The number of carboxylic acid groups (broad SMARTS) is 1. The molecule has 14 nitrogen and oxygen atoms in total. The van der Waals surface area contributed by atoms with E-state index < -0.39 is 50.5 Å². The Bertz CT molecular complexity index is 1500. The van der Waals surface area contributed by atoms with Crippen LogP contribution in [0.3, 0.4) is 0 Å². The van der Waals surface area contributed by atoms with E-state index in [0.717, 1.165) is 28.0 Å². The van der Waals surface area contributed by atoms with Crippen LogP contribution in [0.15, 0.2) is 39.1 Å². The van der Waals surface area contributed by atoms with Crippen LogP contribution in [-0.2, 0) is 24.2 Å². The summed E-state index contributed by atoms with van der Waals surface area (Å²) in [6.45, 7) is 1.46. The minimum atomic E-state index is -3.68. The molecule has 2 aliphatic heterocycles. The molecule has 0 spiro atoms. The fraction of sp³-hybridized carbons (Fsp3) is 0.350. The largest absolute Gasteiger partial charge is 0.477 e. The number of thiazole rings is 1. The lowest BCUT2D eigenvalue weighted by Crippen LogP contribution is -2.70. The van der Waals surface area contributed by atoms with Gasteiger partial charge in [0.2, 0.25) is 6.04 Å². The third kappa shape index (κ3) is 5.48. The molecule has 2 amide bonds. The summed E-state index contributed by atoms with van der Waals surface area (Å²) in [6.07, 6.45) is 2.72. The molecule has 1 saturated heterocycles. The van der Waals surface area contributed by atoms with Crippen LogP contribution in [-0.4, -0.2) is 69.1 Å². The van der Waals surface area contributed by atoms with Crippen molar-refractivity contribution in [2.75, 3.05) is 17.2 Å². The molecule has 1 fully saturated rings. The lowest BCUT2D eigenvalue weighted by Gasteiger charge is -2.49. The van der Waals surface area contributed by atoms with Gasteiger partial charge in [0.05, 0.1) is 0 Å². The van der Waals surface area contributed by atoms with E-state index in [1.807, 2.05) is 0 Å². The first-order chi connectivity index (χ1) is 18.4. The lowest BCUT2D eigenvalue weighted by molar-refractivity contribution is -0.150. The molecule has 6 N–H and O–H groups in total. The third-order valence-corrected chi connectivity index (χ3v) is 11.4. The van der Waals surface area contributed by atoms with Gasteiger partial charge in [-0.3, -0.25) is 19.5 Å². The van der Waals surface area contributed by atoms with Gasteiger partial charge in [0, 0.05) is 39.3 Å². The van der Waals surface area contributed by atoms with Crippen molar-refractivity contribution in [1.29, 1.82) is 0 Å². The summed E-state index contributed by atoms with van der Waals surface area (Å²) in [5, 5.41) is 13.0. The molecule has 3 unspecified atom stereocenters. The molecule has 2 aliphatic rings. The number of amides is 2. The van der Waals surface area contributed by atoms with Gasteiger partial charge in [0.15, 0.2) is 15.0 Å². The third-order valence-electron chi connectivity index (χ3n) is 5.81. The fourth-order valence-electron chi connectivity index (χ4n) is 3.83. The molecule has 208 valence electrons. The first-order valence-corrected chi connectivity index (χ1v) is 15.7. The molecule has 4 atom stereocenters. The number of β-lactam (4-membered cyclic amide) rings is 1. The van der Waals surface area contributed by atoms with E-state index in [0.29, 0.717) is 4.90 Å². The number of rotatable bonds is 10. The highest BCUT2D eigenvalue weighted by molar-refractivity contribution is 8.06. The predicted molar refractivity (Wildman–Crippen MR) is 146 cm³/mol. The van der Waals surface area contributed by atoms with Gasteiger partial charge in [-0.05, 0) is 11.2 Å². The Morgan fingerprint density at radius 1 is 1.44 bits per heavy atom. The average Bonchev–Trinajstić information content (AvgIpc) is 3.24. The van der Waals surface area contributed by atoms with E-state index in [1.165, 1.54) is 37.1 Å². The molecule has 19 heteroatoms. The van der Waals surface area contributed by atoms with Crippen molar-refractivity contribution in [3.05, 3.63) is 49.6 Å². The number of aromatic nitrogens is 2. The van der Waals surface area contributed by atoms with Crippen LogP contribution in [0.25, 0.3) is 0 Å². The first-order valence-electron chi connectivity index (χ1n) is 11.0. The van der Waals surface area contributed by atoms with E-state index in [1.54, 1.807) is 0 Å². The molecule has 4 heterocycles. The molecule has 0 saturated carbocycles. The second-order valence-corrected chi connectivity index (χ2v) is 14.4. The maximum atomic E-state index is 13.0. The van der Waals surface area contributed by atoms with Crippen LogP contribution in [0, 0.1) is 4.91 Å². The molecule has 4 rings (SSSR count). The normalized spacial score (nSPS) is 20.6. The number of fused-ring (bicyclic) bond motifs is 1. The molecule has 0 aliphatic carbocycles. The van der Waals surface area contributed by atoms with Crippen LogP contribution in [0.4, 0.5) is 5.13 Å². The summed E-state index contributed by atoms with van der Waals surface area (Å²) in [7, 11) is -3.68. The van der Waals surface area contributed by atoms with Crippen molar-refractivity contribution >= 4 is 79.2 Å². The quantitative estimate of drug-likeness (QED) is 0.215. The van der Waals surface area contributed by atoms with Crippen molar-refractivity contribution in [2.24, 2.45) is 10.9 Å². The van der Waals surface area contributed by atoms with Gasteiger partial charge >= 0.3 is 5.97 Å². The molecule has 39 heavy (non-hydrogen) atoms. The van der Waals surface area contributed by atoms with Crippen LogP contribution in [0.5, 0.6) is 0 Å². The SMILES string of the molecule is CCS(=O)(=O)C(N)c1cnccc1SC1=C(C(=O)O)N2C(=O)C(NC(=O)C(N=O)c3nc(N)sc3Cl)[C@@H]2SC1. The number of nitrogens with zero attached hydrogens (tertiary/aromatic N) is 4. The number of aliphatic carboxylic acids is 1. The van der Waals surface area contributed by atoms with Gasteiger partial charge in [-0.25, -0.2) is 18.2 Å². The molecule has 0 radical (unpaired) electrons. The van der Waals surface area contributed by atoms with Crippen LogP contribution in [0.1, 0.15) is 29.6 Å². The van der Waals surface area contributed by atoms with Crippen molar-refractivity contribution < 1.29 is 27.9 Å². The zero-order valence-corrected chi connectivity index (χ0v) is 23.8. The molecular weight excluding hydrogens is 614 g/mol. The number of hydrogen-bond acceptors (Lipinski definition) is 14. The number of anilines is 1. The topological polar surface area (TPSA) is 228 Å². The van der Waals surface area contributed by atoms with Gasteiger partial charge in [0.25, 0.3) is 11.8 Å². The van der Waals surface area contributed by atoms with Gasteiger partial charge in [-0.2, -0.15) is 0 Å². The summed E-state index contributed by atoms with van der Waals surface area (Å²) in [5.41, 5.74) is 11.3. The minimum Gasteiger partial charge on any atom is -0.477 e. The van der Waals surface area contributed by atoms with E-state index in [4.69, 9.17) is 23.1 Å². The number of hydrogen-bond donors (Lipinski definition) is 4. The van der Waals surface area contributed by atoms with Gasteiger partial charge in [-0.1, -0.05) is 41.6 Å². The number of carbonyl (C=O) groups excluding carboxylic acids is 2. The number of pyridine rings is 1. The molecular formula is C20H20ClN7O7S4. The standard InChI is InChI=1S/C20H20ClN7O7S4/c1-2-39(34,35)15(22)7-5-24-4-3-8(7)37-9-6-36-18-12(17(30)28(18)13(9)19(31)32)25-16(29)11(27-33)10-14(21)38-20(23)26-10/h3-5,11-12,15,18H,2,6,22H2,1H3,(H2,23,26)(H,25,29)(H,31,32)/t11?,12?,15?,18-/m0/s1. The number of nitrogen functional groups attached to an aromatic ring is 1. The molecule has 2 aromatic heterocycles. The number of halogens is 1. The zero-order chi connectivity index (χ0) is 28.6. The first kappa shape index (κ1) is 29.2. The van der Waals surface area contributed by atoms with Crippen LogP contribution >= 0.6 is 46.5 Å². The monoisotopic (exact) mass is 633 g/mol. The second-order valence-electron chi connectivity index (χ2n) is 8.08. The van der Waals surface area contributed by atoms with Crippen molar-refractivity contribution in [1.82, 2.24) is 20.2 Å². The molecule has 2 aromatic rings. The highest BCUT2D eigenvalue weighted by Gasteiger charge is 2.55. The van der Waals surface area contributed by atoms with Crippen molar-refractivity contribution in [3.63, 3.8) is 0 Å². The Balaban J connectivity index is 1.58. The summed E-state index contributed by atoms with van der Waals surface area (Å²) >= 11 is 8.99. The number of carboxylic acids is 1. The number of nitrogens with one attached hydrogen (secondary N) is 1. The number of nitroso groups, excluding NO2 is 1. The lowest BCUT2D eigenvalue weighted by atomic mass is 10.0. The van der Waals surface area contributed by atoms with Gasteiger partial charge in [-0.15, -0.1) is 16.7 Å². The number of sulfone groups is 1. The Morgan fingerprint density at radius 3 is 2.74 bits per heavy atom.